The van der Waals surface area contributed by atoms with Crippen LogP contribution in [0.15, 0.2) is 48.5 Å². The molecule has 2 aromatic carbocycles. The molecule has 0 radical (unpaired) electrons. The average Bonchev–Trinajstić information content (AvgIpc) is 2.64. The van der Waals surface area contributed by atoms with Crippen LogP contribution in [-0.4, -0.2) is 25.7 Å². The van der Waals surface area contributed by atoms with E-state index in [-0.39, 0.29) is 5.91 Å². The Bertz CT molecular complexity index is 690. The van der Waals surface area contributed by atoms with Crippen LogP contribution in [0.1, 0.15) is 25.3 Å². The molecule has 25 heavy (non-hydrogen) atoms. The van der Waals surface area contributed by atoms with E-state index >= 15 is 0 Å². The van der Waals surface area contributed by atoms with Crippen molar-refractivity contribution in [2.24, 2.45) is 0 Å². The number of benzene rings is 2. The summed E-state index contributed by atoms with van der Waals surface area (Å²) in [6.07, 6.45) is 1.72. The number of aryl methyl sites for hydroxylation is 1. The molecule has 134 valence electrons. The Kier molecular flexibility index (Phi) is 7.61. The van der Waals surface area contributed by atoms with Gasteiger partial charge in [-0.05, 0) is 43.0 Å². The van der Waals surface area contributed by atoms with Gasteiger partial charge in [0.1, 0.15) is 11.5 Å². The summed E-state index contributed by atoms with van der Waals surface area (Å²) in [5.41, 5.74) is 1.10. The second-order valence-electron chi connectivity index (χ2n) is 5.68. The third kappa shape index (κ3) is 5.98. The van der Waals surface area contributed by atoms with Gasteiger partial charge in [-0.1, -0.05) is 42.8 Å². The molecule has 0 unspecified atom stereocenters. The van der Waals surface area contributed by atoms with Gasteiger partial charge < -0.3 is 14.8 Å². The third-order valence-corrected chi connectivity index (χ3v) is 4.23. The van der Waals surface area contributed by atoms with Gasteiger partial charge in [-0.2, -0.15) is 0 Å². The van der Waals surface area contributed by atoms with Crippen molar-refractivity contribution in [2.75, 3.05) is 13.7 Å². The predicted molar refractivity (Wildman–Crippen MR) is 100 cm³/mol. The van der Waals surface area contributed by atoms with Crippen LogP contribution >= 0.6 is 11.6 Å². The fourth-order valence-electron chi connectivity index (χ4n) is 2.47. The van der Waals surface area contributed by atoms with Crippen LogP contribution in [0.5, 0.6) is 11.5 Å². The van der Waals surface area contributed by atoms with Gasteiger partial charge >= 0.3 is 0 Å². The summed E-state index contributed by atoms with van der Waals surface area (Å²) in [5.74, 6) is 1.22. The van der Waals surface area contributed by atoms with E-state index in [4.69, 9.17) is 21.1 Å². The zero-order valence-corrected chi connectivity index (χ0v) is 15.4. The number of carbonyl (C=O) groups is 1. The molecular formula is C20H24ClNO3. The standard InChI is InChI=1S/C20H24ClNO3/c1-3-19(25-17-11-6-10-16(14-17)24-2)20(23)22-13-7-9-15-8-4-5-12-18(15)21/h4-6,8,10-12,14,19H,3,7,9,13H2,1-2H3,(H,22,23)/t19-/m0/s1. The van der Waals surface area contributed by atoms with Crippen LogP contribution in [-0.2, 0) is 11.2 Å². The van der Waals surface area contributed by atoms with Gasteiger partial charge in [0.15, 0.2) is 6.10 Å². The van der Waals surface area contributed by atoms with E-state index in [0.717, 1.165) is 23.4 Å². The Balaban J connectivity index is 1.80. The molecule has 1 atom stereocenters. The van der Waals surface area contributed by atoms with E-state index in [1.54, 1.807) is 13.2 Å². The van der Waals surface area contributed by atoms with Crippen molar-refractivity contribution >= 4 is 17.5 Å². The summed E-state index contributed by atoms with van der Waals surface area (Å²) >= 11 is 6.14. The SMILES string of the molecule is CC[C@H](Oc1cccc(OC)c1)C(=O)NCCCc1ccccc1Cl. The normalized spacial score (nSPS) is 11.6. The highest BCUT2D eigenvalue weighted by Gasteiger charge is 2.18. The van der Waals surface area contributed by atoms with Gasteiger partial charge in [0.05, 0.1) is 7.11 Å². The molecule has 0 aromatic heterocycles. The van der Waals surface area contributed by atoms with Crippen LogP contribution in [0.3, 0.4) is 0 Å². The van der Waals surface area contributed by atoms with Crippen molar-refractivity contribution in [1.29, 1.82) is 0 Å². The number of hydrogen-bond acceptors (Lipinski definition) is 3. The van der Waals surface area contributed by atoms with Crippen molar-refractivity contribution in [1.82, 2.24) is 5.32 Å². The predicted octanol–water partition coefficient (Wildman–Crippen LogP) is 4.26. The first-order valence-electron chi connectivity index (χ1n) is 8.46. The van der Waals surface area contributed by atoms with Crippen LogP contribution in [0.4, 0.5) is 0 Å². The Hall–Kier alpha value is -2.20. The molecular weight excluding hydrogens is 338 g/mol. The largest absolute Gasteiger partial charge is 0.497 e. The van der Waals surface area contributed by atoms with Gasteiger partial charge in [-0.15, -0.1) is 0 Å². The van der Waals surface area contributed by atoms with Crippen LogP contribution in [0, 0.1) is 0 Å². The van der Waals surface area contributed by atoms with Crippen molar-refractivity contribution in [3.8, 4) is 11.5 Å². The topological polar surface area (TPSA) is 47.6 Å². The van der Waals surface area contributed by atoms with E-state index in [1.165, 1.54) is 0 Å². The molecule has 2 aromatic rings. The number of rotatable bonds is 9. The molecule has 0 saturated heterocycles. The maximum absolute atomic E-state index is 12.3. The smallest absolute Gasteiger partial charge is 0.261 e. The highest BCUT2D eigenvalue weighted by atomic mass is 35.5. The lowest BCUT2D eigenvalue weighted by atomic mass is 10.1. The van der Waals surface area contributed by atoms with E-state index in [9.17, 15) is 4.79 Å². The first-order valence-corrected chi connectivity index (χ1v) is 8.83. The lowest BCUT2D eigenvalue weighted by molar-refractivity contribution is -0.128. The van der Waals surface area contributed by atoms with Crippen LogP contribution in [0.2, 0.25) is 5.02 Å². The summed E-state index contributed by atoms with van der Waals surface area (Å²) in [7, 11) is 1.60. The minimum atomic E-state index is -0.521. The molecule has 0 heterocycles. The Morgan fingerprint density at radius 1 is 1.16 bits per heavy atom. The number of methoxy groups -OCH3 is 1. The lowest BCUT2D eigenvalue weighted by Gasteiger charge is -2.17. The molecule has 1 N–H and O–H groups in total. The van der Waals surface area contributed by atoms with E-state index in [0.29, 0.717) is 24.5 Å². The van der Waals surface area contributed by atoms with Crippen molar-refractivity contribution < 1.29 is 14.3 Å². The lowest BCUT2D eigenvalue weighted by Crippen LogP contribution is -2.38. The van der Waals surface area contributed by atoms with E-state index < -0.39 is 6.10 Å². The molecule has 0 aliphatic rings. The molecule has 0 spiro atoms. The Labute approximate surface area is 154 Å². The number of halogens is 1. The molecule has 4 nitrogen and oxygen atoms in total. The molecule has 0 aliphatic heterocycles. The van der Waals surface area contributed by atoms with Gasteiger partial charge in [0.25, 0.3) is 5.91 Å². The van der Waals surface area contributed by atoms with Crippen molar-refractivity contribution in [3.63, 3.8) is 0 Å². The fraction of sp³-hybridized carbons (Fsp3) is 0.350. The number of nitrogens with one attached hydrogen (secondary N) is 1. The van der Waals surface area contributed by atoms with Crippen molar-refractivity contribution in [2.45, 2.75) is 32.3 Å². The maximum Gasteiger partial charge on any atom is 0.261 e. The van der Waals surface area contributed by atoms with Crippen molar-refractivity contribution in [3.05, 3.63) is 59.1 Å². The zero-order valence-electron chi connectivity index (χ0n) is 14.6. The highest BCUT2D eigenvalue weighted by Crippen LogP contribution is 2.21. The molecule has 2 rings (SSSR count). The number of amides is 1. The summed E-state index contributed by atoms with van der Waals surface area (Å²) in [6.45, 7) is 2.51. The quantitative estimate of drug-likeness (QED) is 0.679. The van der Waals surface area contributed by atoms with Gasteiger partial charge in [0, 0.05) is 17.6 Å². The second-order valence-corrected chi connectivity index (χ2v) is 6.09. The fourth-order valence-corrected chi connectivity index (χ4v) is 2.70. The number of carbonyl (C=O) groups excluding carboxylic acids is 1. The molecule has 0 aliphatic carbocycles. The van der Waals surface area contributed by atoms with E-state index in [2.05, 4.69) is 5.32 Å². The van der Waals surface area contributed by atoms with Gasteiger partial charge in [0.2, 0.25) is 0 Å². The first kappa shape index (κ1) is 19.1. The third-order valence-electron chi connectivity index (χ3n) is 3.86. The Morgan fingerprint density at radius 2 is 1.92 bits per heavy atom. The Morgan fingerprint density at radius 3 is 2.64 bits per heavy atom. The first-order chi connectivity index (χ1) is 12.1. The minimum absolute atomic E-state index is 0.107. The number of hydrogen-bond donors (Lipinski definition) is 1. The zero-order chi connectivity index (χ0) is 18.1. The minimum Gasteiger partial charge on any atom is -0.497 e. The second kappa shape index (κ2) is 9.94. The summed E-state index contributed by atoms with van der Waals surface area (Å²) < 4.78 is 11.0. The highest BCUT2D eigenvalue weighted by molar-refractivity contribution is 6.31. The number of ether oxygens (including phenoxy) is 2. The van der Waals surface area contributed by atoms with Crippen LogP contribution < -0.4 is 14.8 Å². The molecule has 5 heteroatoms. The molecule has 0 bridgehead atoms. The van der Waals surface area contributed by atoms with E-state index in [1.807, 2.05) is 49.4 Å². The van der Waals surface area contributed by atoms with Gasteiger partial charge in [-0.3, -0.25) is 4.79 Å². The molecule has 0 saturated carbocycles. The monoisotopic (exact) mass is 361 g/mol. The summed E-state index contributed by atoms with van der Waals surface area (Å²) in [6, 6.07) is 15.0. The molecule has 0 fully saturated rings. The van der Waals surface area contributed by atoms with Gasteiger partial charge in [-0.25, -0.2) is 0 Å². The average molecular weight is 362 g/mol. The summed E-state index contributed by atoms with van der Waals surface area (Å²) in [5, 5.41) is 3.70. The molecule has 1 amide bonds. The summed E-state index contributed by atoms with van der Waals surface area (Å²) in [4.78, 5) is 12.3. The maximum atomic E-state index is 12.3. The van der Waals surface area contributed by atoms with Crippen LogP contribution in [0.25, 0.3) is 0 Å².